The van der Waals surface area contributed by atoms with Gasteiger partial charge in [-0.2, -0.15) is 0 Å². The van der Waals surface area contributed by atoms with E-state index >= 15 is 0 Å². The Morgan fingerprint density at radius 2 is 2.27 bits per heavy atom. The third-order valence-electron chi connectivity index (χ3n) is 1.62. The maximum atomic E-state index is 4.14. The van der Waals surface area contributed by atoms with E-state index in [1.807, 2.05) is 6.07 Å². The molecule has 2 heteroatoms. The fourth-order valence-corrected chi connectivity index (χ4v) is 0.903. The molecule has 0 atom stereocenters. The molecule has 0 aliphatic carbocycles. The molecular weight excluding hydrogens is 136 g/mol. The summed E-state index contributed by atoms with van der Waals surface area (Å²) in [5.41, 5.74) is 1.15. The van der Waals surface area contributed by atoms with Crippen LogP contribution >= 0.6 is 0 Å². The fourth-order valence-electron chi connectivity index (χ4n) is 0.903. The van der Waals surface area contributed by atoms with Crippen molar-refractivity contribution in [3.63, 3.8) is 0 Å². The zero-order valence-electron chi connectivity index (χ0n) is 7.12. The number of aryl methyl sites for hydroxylation is 1. The Morgan fingerprint density at radius 1 is 1.45 bits per heavy atom. The first-order chi connectivity index (χ1) is 5.29. The van der Waals surface area contributed by atoms with Gasteiger partial charge in [0.15, 0.2) is 0 Å². The summed E-state index contributed by atoms with van der Waals surface area (Å²) in [7, 11) is 0. The molecule has 60 valence electrons. The first kappa shape index (κ1) is 8.18. The van der Waals surface area contributed by atoms with Gasteiger partial charge in [-0.3, -0.25) is 0 Å². The Kier molecular flexibility index (Phi) is 3.02. The van der Waals surface area contributed by atoms with Gasteiger partial charge in [-0.1, -0.05) is 13.8 Å². The lowest BCUT2D eigenvalue weighted by atomic mass is 10.1. The lowest BCUT2D eigenvalue weighted by Crippen LogP contribution is -1.94. The van der Waals surface area contributed by atoms with Gasteiger partial charge in [-0.15, -0.1) is 0 Å². The quantitative estimate of drug-likeness (QED) is 0.659. The normalized spacial score (nSPS) is 10.5. The molecule has 2 nitrogen and oxygen atoms in total. The minimum atomic E-state index is 0.755. The summed E-state index contributed by atoms with van der Waals surface area (Å²) in [6.07, 6.45) is 5.68. The van der Waals surface area contributed by atoms with Gasteiger partial charge in [0, 0.05) is 11.9 Å². The lowest BCUT2D eigenvalue weighted by molar-refractivity contribution is 0.581. The average molecular weight is 150 g/mol. The molecule has 0 saturated carbocycles. The van der Waals surface area contributed by atoms with Crippen molar-refractivity contribution >= 4 is 0 Å². The Balaban J connectivity index is 2.39. The molecule has 1 aromatic heterocycles. The van der Waals surface area contributed by atoms with Gasteiger partial charge in [0.1, 0.15) is 6.33 Å². The van der Waals surface area contributed by atoms with Gasteiger partial charge < -0.3 is 0 Å². The van der Waals surface area contributed by atoms with Crippen LogP contribution in [0.3, 0.4) is 0 Å². The highest BCUT2D eigenvalue weighted by molar-refractivity contribution is 4.97. The van der Waals surface area contributed by atoms with Gasteiger partial charge in [0.05, 0.1) is 0 Å². The monoisotopic (exact) mass is 150 g/mol. The largest absolute Gasteiger partial charge is 0.245 e. The molecule has 1 heterocycles. The van der Waals surface area contributed by atoms with E-state index < -0.39 is 0 Å². The van der Waals surface area contributed by atoms with Gasteiger partial charge in [0.2, 0.25) is 0 Å². The van der Waals surface area contributed by atoms with Gasteiger partial charge in [-0.25, -0.2) is 9.97 Å². The van der Waals surface area contributed by atoms with Crippen LogP contribution in [0.1, 0.15) is 26.0 Å². The fraction of sp³-hybridized carbons (Fsp3) is 0.556. The highest BCUT2D eigenvalue weighted by Gasteiger charge is 1.96. The Labute approximate surface area is 67.7 Å². The summed E-state index contributed by atoms with van der Waals surface area (Å²) < 4.78 is 0. The maximum Gasteiger partial charge on any atom is 0.115 e. The van der Waals surface area contributed by atoms with Crippen molar-refractivity contribution in [2.75, 3.05) is 0 Å². The van der Waals surface area contributed by atoms with Crippen LogP contribution in [-0.4, -0.2) is 9.97 Å². The maximum absolute atomic E-state index is 4.14. The average Bonchev–Trinajstić information content (AvgIpc) is 2.03. The van der Waals surface area contributed by atoms with E-state index in [1.165, 1.54) is 6.42 Å². The van der Waals surface area contributed by atoms with Gasteiger partial charge in [0.25, 0.3) is 0 Å². The van der Waals surface area contributed by atoms with Crippen LogP contribution in [-0.2, 0) is 6.42 Å². The minimum Gasteiger partial charge on any atom is -0.245 e. The van der Waals surface area contributed by atoms with Crippen LogP contribution in [0.2, 0.25) is 0 Å². The highest BCUT2D eigenvalue weighted by atomic mass is 14.8. The Hall–Kier alpha value is -0.920. The first-order valence-electron chi connectivity index (χ1n) is 4.04. The van der Waals surface area contributed by atoms with Crippen molar-refractivity contribution in [2.24, 2.45) is 5.92 Å². The molecule has 0 aliphatic heterocycles. The summed E-state index contributed by atoms with van der Waals surface area (Å²) in [5.74, 6) is 0.755. The standard InChI is InChI=1S/C9H14N2/c1-8(2)3-4-9-5-6-10-7-11-9/h5-8H,3-4H2,1-2H3. The number of hydrogen-bond acceptors (Lipinski definition) is 2. The predicted octanol–water partition coefficient (Wildman–Crippen LogP) is 2.07. The smallest absolute Gasteiger partial charge is 0.115 e. The molecule has 0 fully saturated rings. The molecule has 0 bridgehead atoms. The van der Waals surface area contributed by atoms with Crippen LogP contribution in [0.4, 0.5) is 0 Å². The van der Waals surface area contributed by atoms with Crippen LogP contribution < -0.4 is 0 Å². The van der Waals surface area contributed by atoms with Crippen LogP contribution in [0.5, 0.6) is 0 Å². The van der Waals surface area contributed by atoms with Crippen molar-refractivity contribution in [3.8, 4) is 0 Å². The van der Waals surface area contributed by atoms with E-state index in [0.717, 1.165) is 18.0 Å². The molecule has 0 amide bonds. The molecular formula is C9H14N2. The minimum absolute atomic E-state index is 0.755. The summed E-state index contributed by atoms with van der Waals surface area (Å²) >= 11 is 0. The van der Waals surface area contributed by atoms with Crippen LogP contribution in [0.25, 0.3) is 0 Å². The lowest BCUT2D eigenvalue weighted by Gasteiger charge is -2.02. The van der Waals surface area contributed by atoms with Crippen molar-refractivity contribution in [1.29, 1.82) is 0 Å². The van der Waals surface area contributed by atoms with E-state index in [4.69, 9.17) is 0 Å². The molecule has 0 aromatic carbocycles. The molecule has 0 saturated heterocycles. The molecule has 1 aromatic rings. The number of aromatic nitrogens is 2. The summed E-state index contributed by atoms with van der Waals surface area (Å²) in [6.45, 7) is 4.45. The zero-order chi connectivity index (χ0) is 8.10. The molecule has 0 radical (unpaired) electrons. The van der Waals surface area contributed by atoms with Crippen molar-refractivity contribution in [1.82, 2.24) is 9.97 Å². The van der Waals surface area contributed by atoms with E-state index in [2.05, 4.69) is 23.8 Å². The zero-order valence-corrected chi connectivity index (χ0v) is 7.12. The molecule has 0 aliphatic rings. The third kappa shape index (κ3) is 3.12. The predicted molar refractivity (Wildman–Crippen MR) is 45.2 cm³/mol. The Morgan fingerprint density at radius 3 is 2.82 bits per heavy atom. The number of hydrogen-bond donors (Lipinski definition) is 0. The Bertz CT molecular complexity index is 194. The van der Waals surface area contributed by atoms with Gasteiger partial charge >= 0.3 is 0 Å². The van der Waals surface area contributed by atoms with E-state index in [0.29, 0.717) is 0 Å². The SMILES string of the molecule is CC(C)CCc1ccncn1. The summed E-state index contributed by atoms with van der Waals surface area (Å²) in [4.78, 5) is 8.00. The van der Waals surface area contributed by atoms with E-state index in [1.54, 1.807) is 12.5 Å². The second kappa shape index (κ2) is 4.06. The second-order valence-corrected chi connectivity index (χ2v) is 3.13. The third-order valence-corrected chi connectivity index (χ3v) is 1.62. The summed E-state index contributed by atoms with van der Waals surface area (Å²) in [6, 6.07) is 1.97. The highest BCUT2D eigenvalue weighted by Crippen LogP contribution is 2.04. The topological polar surface area (TPSA) is 25.8 Å². The first-order valence-corrected chi connectivity index (χ1v) is 4.04. The number of nitrogens with zero attached hydrogens (tertiary/aromatic N) is 2. The molecule has 0 spiro atoms. The van der Waals surface area contributed by atoms with Crippen molar-refractivity contribution in [2.45, 2.75) is 26.7 Å². The molecule has 0 N–H and O–H groups in total. The van der Waals surface area contributed by atoms with Crippen LogP contribution in [0.15, 0.2) is 18.6 Å². The van der Waals surface area contributed by atoms with Crippen molar-refractivity contribution < 1.29 is 0 Å². The van der Waals surface area contributed by atoms with E-state index in [-0.39, 0.29) is 0 Å². The second-order valence-electron chi connectivity index (χ2n) is 3.13. The molecule has 1 rings (SSSR count). The number of rotatable bonds is 3. The van der Waals surface area contributed by atoms with Gasteiger partial charge in [-0.05, 0) is 24.8 Å². The van der Waals surface area contributed by atoms with Crippen molar-refractivity contribution in [3.05, 3.63) is 24.3 Å². The van der Waals surface area contributed by atoms with Crippen LogP contribution in [0, 0.1) is 5.92 Å². The van der Waals surface area contributed by atoms with E-state index in [9.17, 15) is 0 Å². The molecule has 0 unspecified atom stereocenters. The summed E-state index contributed by atoms with van der Waals surface area (Å²) in [5, 5.41) is 0. The molecule has 11 heavy (non-hydrogen) atoms.